The number of benzene rings is 1. The Morgan fingerprint density at radius 3 is 2.52 bits per heavy atom. The summed E-state index contributed by atoms with van der Waals surface area (Å²) in [6.45, 7) is 5.95. The van der Waals surface area contributed by atoms with E-state index in [1.54, 1.807) is 7.05 Å². The summed E-state index contributed by atoms with van der Waals surface area (Å²) in [4.78, 5) is 11.1. The molecular formula is C20H26ClN5O. The van der Waals surface area contributed by atoms with Crippen molar-refractivity contribution in [1.82, 2.24) is 15.6 Å². The van der Waals surface area contributed by atoms with E-state index in [9.17, 15) is 0 Å². The smallest absolute Gasteiger partial charge is 0.191 e. The molecule has 1 atom stereocenters. The van der Waals surface area contributed by atoms with Gasteiger partial charge in [-0.25, -0.2) is 4.98 Å². The van der Waals surface area contributed by atoms with Crippen LogP contribution in [0, 0.1) is 0 Å². The largest absolute Gasteiger partial charge is 0.375 e. The number of morpholine rings is 1. The lowest BCUT2D eigenvalue weighted by atomic mass is 10.2. The van der Waals surface area contributed by atoms with Crippen molar-refractivity contribution < 1.29 is 4.74 Å². The van der Waals surface area contributed by atoms with E-state index in [1.807, 2.05) is 30.5 Å². The van der Waals surface area contributed by atoms with Gasteiger partial charge in [-0.2, -0.15) is 0 Å². The van der Waals surface area contributed by atoms with Crippen molar-refractivity contribution >= 4 is 23.4 Å². The van der Waals surface area contributed by atoms with Crippen LogP contribution >= 0.6 is 11.6 Å². The molecule has 6 nitrogen and oxygen atoms in total. The molecule has 1 fully saturated rings. The molecule has 7 heteroatoms. The molecule has 0 amide bonds. The third-order valence-corrected chi connectivity index (χ3v) is 4.68. The van der Waals surface area contributed by atoms with Crippen molar-refractivity contribution in [2.24, 2.45) is 4.99 Å². The van der Waals surface area contributed by atoms with Crippen molar-refractivity contribution in [3.63, 3.8) is 0 Å². The van der Waals surface area contributed by atoms with Gasteiger partial charge >= 0.3 is 0 Å². The predicted molar refractivity (Wildman–Crippen MR) is 110 cm³/mol. The van der Waals surface area contributed by atoms with Gasteiger partial charge in [0.1, 0.15) is 5.82 Å². The van der Waals surface area contributed by atoms with E-state index in [2.05, 4.69) is 44.6 Å². The number of nitrogens with zero attached hydrogens (tertiary/aromatic N) is 3. The molecule has 0 saturated carbocycles. The van der Waals surface area contributed by atoms with Gasteiger partial charge in [0.25, 0.3) is 0 Å². The average molecular weight is 388 g/mol. The van der Waals surface area contributed by atoms with Crippen LogP contribution in [0.1, 0.15) is 18.1 Å². The molecule has 0 radical (unpaired) electrons. The molecular weight excluding hydrogens is 362 g/mol. The van der Waals surface area contributed by atoms with Gasteiger partial charge in [0, 0.05) is 44.4 Å². The number of hydrogen-bond donors (Lipinski definition) is 2. The SMILES string of the molecule is CN=C(NCc1ccc(Cl)cc1)NCc1ccc(N2CCOC(C)C2)nc1. The standard InChI is InChI=1S/C20H26ClN5O/c1-15-14-26(9-10-27-15)19-8-5-17(12-23-19)13-25-20(22-2)24-11-16-3-6-18(21)7-4-16/h3-8,12,15H,9-11,13-14H2,1-2H3,(H2,22,24,25). The molecule has 2 N–H and O–H groups in total. The first kappa shape index (κ1) is 19.5. The average Bonchev–Trinajstić information content (AvgIpc) is 2.70. The summed E-state index contributed by atoms with van der Waals surface area (Å²) in [5.74, 6) is 1.75. The van der Waals surface area contributed by atoms with E-state index in [0.717, 1.165) is 47.6 Å². The molecule has 0 spiro atoms. The lowest BCUT2D eigenvalue weighted by Crippen LogP contribution is -2.41. The zero-order valence-electron chi connectivity index (χ0n) is 15.8. The van der Waals surface area contributed by atoms with Crippen LogP contribution in [0.4, 0.5) is 5.82 Å². The van der Waals surface area contributed by atoms with Crippen molar-refractivity contribution in [2.45, 2.75) is 26.1 Å². The number of pyridine rings is 1. The molecule has 1 saturated heterocycles. The number of hydrogen-bond acceptors (Lipinski definition) is 4. The van der Waals surface area contributed by atoms with Gasteiger partial charge in [0.15, 0.2) is 5.96 Å². The van der Waals surface area contributed by atoms with Gasteiger partial charge in [-0.3, -0.25) is 4.99 Å². The highest BCUT2D eigenvalue weighted by Gasteiger charge is 2.17. The van der Waals surface area contributed by atoms with E-state index in [-0.39, 0.29) is 6.10 Å². The van der Waals surface area contributed by atoms with Gasteiger partial charge < -0.3 is 20.3 Å². The Bertz CT molecular complexity index is 748. The predicted octanol–water partition coefficient (Wildman–Crippen LogP) is 2.83. The Hall–Kier alpha value is -2.31. The molecule has 0 aliphatic carbocycles. The molecule has 1 aromatic carbocycles. The minimum Gasteiger partial charge on any atom is -0.375 e. The highest BCUT2D eigenvalue weighted by molar-refractivity contribution is 6.30. The molecule has 1 aliphatic rings. The first-order chi connectivity index (χ1) is 13.1. The number of rotatable bonds is 5. The summed E-state index contributed by atoms with van der Waals surface area (Å²) in [5.41, 5.74) is 2.25. The minimum absolute atomic E-state index is 0.247. The number of aromatic nitrogens is 1. The number of ether oxygens (including phenoxy) is 1. The monoisotopic (exact) mass is 387 g/mol. The summed E-state index contributed by atoms with van der Waals surface area (Å²) in [6, 6.07) is 11.9. The molecule has 1 unspecified atom stereocenters. The van der Waals surface area contributed by atoms with Gasteiger partial charge in [0.2, 0.25) is 0 Å². The quantitative estimate of drug-likeness (QED) is 0.610. The Morgan fingerprint density at radius 2 is 1.89 bits per heavy atom. The zero-order valence-corrected chi connectivity index (χ0v) is 16.5. The molecule has 144 valence electrons. The fourth-order valence-corrected chi connectivity index (χ4v) is 3.06. The number of aliphatic imine (C=N–C) groups is 1. The number of anilines is 1. The van der Waals surface area contributed by atoms with Crippen LogP contribution in [0.25, 0.3) is 0 Å². The maximum atomic E-state index is 5.92. The van der Waals surface area contributed by atoms with Gasteiger partial charge in [-0.15, -0.1) is 0 Å². The van der Waals surface area contributed by atoms with Gasteiger partial charge in [0.05, 0.1) is 12.7 Å². The second kappa shape index (κ2) is 9.58. The second-order valence-corrected chi connectivity index (χ2v) is 6.99. The lowest BCUT2D eigenvalue weighted by Gasteiger charge is -2.32. The topological polar surface area (TPSA) is 61.8 Å². The summed E-state index contributed by atoms with van der Waals surface area (Å²) < 4.78 is 5.59. The molecule has 1 aliphatic heterocycles. The van der Waals surface area contributed by atoms with Crippen LogP contribution < -0.4 is 15.5 Å². The highest BCUT2D eigenvalue weighted by Crippen LogP contribution is 2.15. The number of nitrogens with one attached hydrogen (secondary N) is 2. The second-order valence-electron chi connectivity index (χ2n) is 6.56. The zero-order chi connectivity index (χ0) is 19.1. The molecule has 2 heterocycles. The van der Waals surface area contributed by atoms with E-state index < -0.39 is 0 Å². The Labute approximate surface area is 165 Å². The summed E-state index contributed by atoms with van der Waals surface area (Å²) in [6.07, 6.45) is 2.16. The normalized spacial score (nSPS) is 17.7. The molecule has 0 bridgehead atoms. The molecule has 3 rings (SSSR count). The van der Waals surface area contributed by atoms with Crippen LogP contribution in [0.15, 0.2) is 47.6 Å². The van der Waals surface area contributed by atoms with Crippen LogP contribution in [0.2, 0.25) is 5.02 Å². The number of guanidine groups is 1. The lowest BCUT2D eigenvalue weighted by molar-refractivity contribution is 0.0529. The van der Waals surface area contributed by atoms with Crippen molar-refractivity contribution in [3.05, 3.63) is 58.7 Å². The Balaban J connectivity index is 1.48. The van der Waals surface area contributed by atoms with Crippen LogP contribution in [-0.2, 0) is 17.8 Å². The summed E-state index contributed by atoms with van der Waals surface area (Å²) >= 11 is 5.92. The van der Waals surface area contributed by atoms with E-state index in [4.69, 9.17) is 16.3 Å². The van der Waals surface area contributed by atoms with Gasteiger partial charge in [-0.1, -0.05) is 29.8 Å². The first-order valence-electron chi connectivity index (χ1n) is 9.14. The van der Waals surface area contributed by atoms with Crippen LogP contribution in [0.3, 0.4) is 0 Å². The third-order valence-electron chi connectivity index (χ3n) is 4.43. The van der Waals surface area contributed by atoms with E-state index in [0.29, 0.717) is 13.1 Å². The Morgan fingerprint density at radius 1 is 1.19 bits per heavy atom. The van der Waals surface area contributed by atoms with E-state index in [1.165, 1.54) is 0 Å². The fourth-order valence-electron chi connectivity index (χ4n) is 2.93. The molecule has 2 aromatic rings. The minimum atomic E-state index is 0.247. The molecule has 1 aromatic heterocycles. The molecule has 27 heavy (non-hydrogen) atoms. The first-order valence-corrected chi connectivity index (χ1v) is 9.52. The fraction of sp³-hybridized carbons (Fsp3) is 0.400. The van der Waals surface area contributed by atoms with E-state index >= 15 is 0 Å². The summed E-state index contributed by atoms with van der Waals surface area (Å²) in [5, 5.41) is 7.35. The maximum absolute atomic E-state index is 5.92. The maximum Gasteiger partial charge on any atom is 0.191 e. The number of halogens is 1. The van der Waals surface area contributed by atoms with Crippen LogP contribution in [-0.4, -0.2) is 43.8 Å². The van der Waals surface area contributed by atoms with Crippen molar-refractivity contribution in [3.8, 4) is 0 Å². The Kier molecular flexibility index (Phi) is 6.90. The third kappa shape index (κ3) is 5.84. The summed E-state index contributed by atoms with van der Waals surface area (Å²) in [7, 11) is 1.76. The van der Waals surface area contributed by atoms with Crippen molar-refractivity contribution in [1.29, 1.82) is 0 Å². The highest BCUT2D eigenvalue weighted by atomic mass is 35.5. The van der Waals surface area contributed by atoms with Crippen LogP contribution in [0.5, 0.6) is 0 Å². The van der Waals surface area contributed by atoms with Gasteiger partial charge in [-0.05, 0) is 36.2 Å². The van der Waals surface area contributed by atoms with Crippen molar-refractivity contribution in [2.75, 3.05) is 31.6 Å².